The molecule has 1 atom stereocenters. The van der Waals surface area contributed by atoms with Gasteiger partial charge < -0.3 is 25.6 Å². The molecule has 1 saturated heterocycles. The number of sulfonamides is 1. The van der Waals surface area contributed by atoms with E-state index in [0.29, 0.717) is 12.1 Å². The number of carbonyl (C=O) groups is 2. The number of nitrogens with two attached hydrogens (primary N) is 1. The summed E-state index contributed by atoms with van der Waals surface area (Å²) in [5.41, 5.74) is 4.97. The van der Waals surface area contributed by atoms with Crippen LogP contribution in [0.4, 0.5) is 18.0 Å². The molecule has 1 aliphatic rings. The Hall–Kier alpha value is -4.45. The summed E-state index contributed by atoms with van der Waals surface area (Å²) >= 11 is 0. The van der Waals surface area contributed by atoms with Crippen LogP contribution in [-0.2, 0) is 32.3 Å². The number of benzene rings is 2. The number of hydrogen-bond acceptors (Lipinski definition) is 7. The summed E-state index contributed by atoms with van der Waals surface area (Å²) < 4.78 is 73.1. The number of halogens is 3. The largest absolute Gasteiger partial charge is 0.445 e. The van der Waals surface area contributed by atoms with Crippen LogP contribution in [0.2, 0.25) is 0 Å². The lowest BCUT2D eigenvalue weighted by Gasteiger charge is -2.36. The van der Waals surface area contributed by atoms with Crippen molar-refractivity contribution in [2.45, 2.75) is 36.6 Å². The molecule has 2 aromatic rings. The molecule has 0 radical (unpaired) electrons. The fraction of sp³-hybridized carbons (Fsp3) is 0.400. The molecule has 1 aliphatic heterocycles. The summed E-state index contributed by atoms with van der Waals surface area (Å²) in [7, 11) is -4.59. The number of ether oxygens (including phenoxy) is 1. The number of nitrogens with zero attached hydrogens (tertiary/aromatic N) is 4. The number of hydrogen-bond donors (Lipinski definition) is 3. The number of nitrogens with one attached hydrogen (secondary N) is 2. The molecular formula is C25H30F3N7O7S. The zero-order chi connectivity index (χ0) is 31.6. The van der Waals surface area contributed by atoms with Gasteiger partial charge in [0.2, 0.25) is 15.9 Å². The van der Waals surface area contributed by atoms with Crippen LogP contribution in [0.3, 0.4) is 0 Å². The van der Waals surface area contributed by atoms with Gasteiger partial charge in [-0.15, -0.1) is 0 Å². The lowest BCUT2D eigenvalue weighted by molar-refractivity contribution is -0.485. The van der Waals surface area contributed by atoms with E-state index in [1.165, 1.54) is 9.80 Å². The topological polar surface area (TPSA) is 190 Å². The van der Waals surface area contributed by atoms with Gasteiger partial charge >= 0.3 is 12.3 Å². The molecule has 3 rings (SSSR count). The molecule has 0 bridgehead atoms. The Morgan fingerprint density at radius 2 is 1.72 bits per heavy atom. The van der Waals surface area contributed by atoms with Crippen molar-refractivity contribution in [1.82, 2.24) is 19.8 Å². The minimum atomic E-state index is -4.79. The van der Waals surface area contributed by atoms with Gasteiger partial charge in [0.15, 0.2) is 5.03 Å². The van der Waals surface area contributed by atoms with Crippen LogP contribution in [0.15, 0.2) is 64.6 Å². The number of hydrazone groups is 1. The molecule has 234 valence electrons. The first-order chi connectivity index (χ1) is 20.3. The minimum Gasteiger partial charge on any atom is -0.445 e. The average Bonchev–Trinajstić information content (AvgIpc) is 2.97. The highest BCUT2D eigenvalue weighted by Gasteiger charge is 2.34. The second-order valence-electron chi connectivity index (χ2n) is 9.34. The van der Waals surface area contributed by atoms with Crippen LogP contribution in [0.5, 0.6) is 0 Å². The summed E-state index contributed by atoms with van der Waals surface area (Å²) in [5.74, 6) is -1.17. The molecule has 4 N–H and O–H groups in total. The van der Waals surface area contributed by atoms with E-state index in [9.17, 15) is 41.3 Å². The Morgan fingerprint density at radius 3 is 2.35 bits per heavy atom. The Bertz CT molecular complexity index is 1420. The van der Waals surface area contributed by atoms with Crippen molar-refractivity contribution < 1.29 is 40.9 Å². The van der Waals surface area contributed by atoms with E-state index in [2.05, 4.69) is 15.1 Å². The van der Waals surface area contributed by atoms with E-state index in [1.54, 1.807) is 24.3 Å². The number of alkyl halides is 3. The van der Waals surface area contributed by atoms with Crippen molar-refractivity contribution in [2.24, 2.45) is 10.8 Å². The molecule has 1 heterocycles. The predicted molar refractivity (Wildman–Crippen MR) is 146 cm³/mol. The monoisotopic (exact) mass is 629 g/mol. The Morgan fingerprint density at radius 1 is 1.07 bits per heavy atom. The smallest absolute Gasteiger partial charge is 0.416 e. The maximum absolute atomic E-state index is 13.4. The molecule has 43 heavy (non-hydrogen) atoms. The molecule has 0 saturated carbocycles. The van der Waals surface area contributed by atoms with Gasteiger partial charge in [0.1, 0.15) is 17.8 Å². The first-order valence-electron chi connectivity index (χ1n) is 12.9. The number of guanidine groups is 1. The minimum absolute atomic E-state index is 0.0285. The maximum Gasteiger partial charge on any atom is 0.416 e. The number of rotatable bonds is 11. The van der Waals surface area contributed by atoms with E-state index < -0.39 is 55.7 Å². The van der Waals surface area contributed by atoms with Crippen LogP contribution in [0.25, 0.3) is 0 Å². The zero-order valence-electron chi connectivity index (χ0n) is 22.7. The van der Waals surface area contributed by atoms with Crippen molar-refractivity contribution in [3.05, 3.63) is 75.8 Å². The van der Waals surface area contributed by atoms with Crippen molar-refractivity contribution in [1.29, 1.82) is 0 Å². The normalized spacial score (nSPS) is 15.1. The summed E-state index contributed by atoms with van der Waals surface area (Å²) in [6.45, 7) is 0.315. The van der Waals surface area contributed by atoms with Gasteiger partial charge in [-0.2, -0.15) is 17.9 Å². The second kappa shape index (κ2) is 14.6. The second-order valence-corrected chi connectivity index (χ2v) is 11.1. The van der Waals surface area contributed by atoms with Crippen molar-refractivity contribution >= 4 is 28.0 Å². The van der Waals surface area contributed by atoms with Crippen LogP contribution in [-0.4, -0.2) is 80.0 Å². The number of carbonyl (C=O) groups excluding carboxylic acids is 2. The van der Waals surface area contributed by atoms with Gasteiger partial charge in [-0.1, -0.05) is 36.4 Å². The predicted octanol–water partition coefficient (Wildman–Crippen LogP) is 1.71. The molecule has 0 unspecified atom stereocenters. The van der Waals surface area contributed by atoms with E-state index in [0.717, 1.165) is 17.7 Å². The number of amides is 2. The van der Waals surface area contributed by atoms with Gasteiger partial charge in [-0.05, 0) is 36.6 Å². The van der Waals surface area contributed by atoms with E-state index >= 15 is 0 Å². The summed E-state index contributed by atoms with van der Waals surface area (Å²) in [6.07, 6.45) is -5.45. The van der Waals surface area contributed by atoms with Gasteiger partial charge in [0, 0.05) is 32.7 Å². The molecule has 0 aliphatic carbocycles. The van der Waals surface area contributed by atoms with Crippen LogP contribution in [0.1, 0.15) is 24.0 Å². The Balaban J connectivity index is 1.67. The highest BCUT2D eigenvalue weighted by molar-refractivity contribution is 7.89. The van der Waals surface area contributed by atoms with Crippen LogP contribution < -0.4 is 15.8 Å². The SMILES string of the molecule is N/C(=N\[N+](=O)[O-])NCCC[C@H](NS(=O)(=O)c1cccc(C(F)(F)F)c1)C(=O)N1CCN(C(=O)OCc2ccccc2)CC1. The number of piperazine rings is 1. The molecule has 18 heteroatoms. The highest BCUT2D eigenvalue weighted by atomic mass is 32.2. The van der Waals surface area contributed by atoms with Gasteiger partial charge in [-0.25, -0.2) is 23.3 Å². The Labute approximate surface area is 244 Å². The fourth-order valence-corrected chi connectivity index (χ4v) is 5.38. The van der Waals surface area contributed by atoms with Crippen molar-refractivity contribution in [3.8, 4) is 0 Å². The molecule has 2 aromatic carbocycles. The quantitative estimate of drug-likeness (QED) is 0.109. The van der Waals surface area contributed by atoms with E-state index in [-0.39, 0.29) is 52.2 Å². The van der Waals surface area contributed by atoms with Crippen molar-refractivity contribution in [2.75, 3.05) is 32.7 Å². The lowest BCUT2D eigenvalue weighted by Crippen LogP contribution is -2.56. The standard InChI is InChI=1S/C25H30F3N7O7S/c26-25(27,28)19-8-4-9-20(16-19)43(40,41)32-21(10-5-11-30-23(29)31-35(38)39)22(36)33-12-14-34(15-13-33)24(37)42-17-18-6-2-1-3-7-18/h1-4,6-9,16,21,32H,5,10-15,17H2,(H3,29,30,31)/t21-/m0/s1. The van der Waals surface area contributed by atoms with Crippen LogP contribution in [0, 0.1) is 10.1 Å². The molecule has 0 spiro atoms. The van der Waals surface area contributed by atoms with Crippen molar-refractivity contribution in [3.63, 3.8) is 0 Å². The average molecular weight is 630 g/mol. The molecule has 0 aromatic heterocycles. The van der Waals surface area contributed by atoms with E-state index in [1.807, 2.05) is 6.07 Å². The Kier molecular flexibility index (Phi) is 11.2. The van der Waals surface area contributed by atoms with Gasteiger partial charge in [0.25, 0.3) is 5.96 Å². The number of nitro groups is 1. The third-order valence-corrected chi connectivity index (χ3v) is 7.76. The maximum atomic E-state index is 13.4. The summed E-state index contributed by atoms with van der Waals surface area (Å²) in [4.78, 5) is 38.4. The highest BCUT2D eigenvalue weighted by Crippen LogP contribution is 2.30. The fourth-order valence-electron chi connectivity index (χ4n) is 4.11. The summed E-state index contributed by atoms with van der Waals surface area (Å²) in [6, 6.07) is 10.7. The first-order valence-corrected chi connectivity index (χ1v) is 14.4. The molecule has 1 fully saturated rings. The molecule has 2 amide bonds. The third kappa shape index (κ3) is 10.1. The molecule has 14 nitrogen and oxygen atoms in total. The van der Waals surface area contributed by atoms with E-state index in [4.69, 9.17) is 10.5 Å². The van der Waals surface area contributed by atoms with Gasteiger partial charge in [0.05, 0.1) is 10.5 Å². The lowest BCUT2D eigenvalue weighted by atomic mass is 10.1. The van der Waals surface area contributed by atoms with Gasteiger partial charge in [-0.3, -0.25) is 4.79 Å². The third-order valence-electron chi connectivity index (χ3n) is 6.29. The summed E-state index contributed by atoms with van der Waals surface area (Å²) in [5, 5.41) is 14.7. The first kappa shape index (κ1) is 33.1. The molecular weight excluding hydrogens is 599 g/mol. The zero-order valence-corrected chi connectivity index (χ0v) is 23.5. The van der Waals surface area contributed by atoms with Crippen LogP contribution >= 0.6 is 0 Å².